The van der Waals surface area contributed by atoms with Crippen LogP contribution in [-0.2, 0) is 11.3 Å². The lowest BCUT2D eigenvalue weighted by Crippen LogP contribution is -2.50. The summed E-state index contributed by atoms with van der Waals surface area (Å²) in [5.41, 5.74) is 1.89. The number of piperazine rings is 1. The van der Waals surface area contributed by atoms with Crippen molar-refractivity contribution < 1.29 is 18.7 Å². The Morgan fingerprint density at radius 3 is 2.47 bits per heavy atom. The molecule has 2 aromatic rings. The summed E-state index contributed by atoms with van der Waals surface area (Å²) in [7, 11) is 3.11. The summed E-state index contributed by atoms with van der Waals surface area (Å²) < 4.78 is 24.2. The van der Waals surface area contributed by atoms with E-state index in [0.29, 0.717) is 19.6 Å². The normalized spacial score (nSPS) is 14.5. The molecule has 0 N–H and O–H groups in total. The second-order valence-corrected chi connectivity index (χ2v) is 7.34. The molecule has 0 aliphatic carbocycles. The van der Waals surface area contributed by atoms with Crippen molar-refractivity contribution in [2.75, 3.05) is 58.4 Å². The number of benzene rings is 2. The van der Waals surface area contributed by atoms with Crippen molar-refractivity contribution >= 4 is 11.6 Å². The first-order chi connectivity index (χ1) is 14.5. The highest BCUT2D eigenvalue weighted by Crippen LogP contribution is 2.22. The molecular formula is C23H30FN3O3. The number of carbonyl (C=O) groups is 1. The van der Waals surface area contributed by atoms with Crippen LogP contribution < -0.4 is 14.4 Å². The Morgan fingerprint density at radius 2 is 1.83 bits per heavy atom. The van der Waals surface area contributed by atoms with Gasteiger partial charge in [0.05, 0.1) is 20.8 Å². The predicted molar refractivity (Wildman–Crippen MR) is 116 cm³/mol. The zero-order chi connectivity index (χ0) is 21.5. The van der Waals surface area contributed by atoms with Crippen molar-refractivity contribution in [2.45, 2.75) is 13.5 Å². The molecule has 1 saturated heterocycles. The Bertz CT molecular complexity index is 853. The molecule has 1 fully saturated rings. The van der Waals surface area contributed by atoms with E-state index in [2.05, 4.69) is 15.9 Å². The molecule has 0 atom stereocenters. The minimum absolute atomic E-state index is 0.0588. The maximum Gasteiger partial charge on any atom is 0.237 e. The number of halogens is 1. The zero-order valence-electron chi connectivity index (χ0n) is 17.9. The highest BCUT2D eigenvalue weighted by atomic mass is 19.1. The second-order valence-electron chi connectivity index (χ2n) is 7.34. The van der Waals surface area contributed by atoms with E-state index in [1.807, 2.05) is 25.1 Å². The van der Waals surface area contributed by atoms with Crippen LogP contribution in [0.1, 0.15) is 12.5 Å². The maximum absolute atomic E-state index is 14.0. The molecule has 7 heteroatoms. The Morgan fingerprint density at radius 1 is 1.07 bits per heavy atom. The maximum atomic E-state index is 14.0. The summed E-state index contributed by atoms with van der Waals surface area (Å²) in [4.78, 5) is 19.1. The van der Waals surface area contributed by atoms with E-state index >= 15 is 0 Å². The fourth-order valence-corrected chi connectivity index (χ4v) is 3.67. The summed E-state index contributed by atoms with van der Waals surface area (Å²) >= 11 is 0. The number of anilines is 1. The summed E-state index contributed by atoms with van der Waals surface area (Å²) in [5.74, 6) is 0.705. The van der Waals surface area contributed by atoms with E-state index < -0.39 is 5.82 Å². The number of hydrogen-bond acceptors (Lipinski definition) is 5. The lowest BCUT2D eigenvalue weighted by atomic mass is 10.2. The van der Waals surface area contributed by atoms with E-state index in [-0.39, 0.29) is 11.7 Å². The van der Waals surface area contributed by atoms with Crippen molar-refractivity contribution in [3.05, 3.63) is 53.8 Å². The molecule has 162 valence electrons. The van der Waals surface area contributed by atoms with E-state index in [1.54, 1.807) is 24.1 Å². The zero-order valence-corrected chi connectivity index (χ0v) is 17.9. The number of nitrogens with zero attached hydrogens (tertiary/aromatic N) is 3. The predicted octanol–water partition coefficient (Wildman–Crippen LogP) is 3.01. The van der Waals surface area contributed by atoms with Gasteiger partial charge in [0.15, 0.2) is 11.6 Å². The van der Waals surface area contributed by atoms with Gasteiger partial charge in [0.2, 0.25) is 5.91 Å². The van der Waals surface area contributed by atoms with Gasteiger partial charge < -0.3 is 19.3 Å². The first-order valence-electron chi connectivity index (χ1n) is 10.3. The molecule has 1 aliphatic heterocycles. The number of ether oxygens (including phenoxy) is 2. The summed E-state index contributed by atoms with van der Waals surface area (Å²) in [5, 5.41) is 0. The molecule has 1 aliphatic rings. The van der Waals surface area contributed by atoms with Crippen molar-refractivity contribution in [1.82, 2.24) is 9.80 Å². The molecule has 30 heavy (non-hydrogen) atoms. The lowest BCUT2D eigenvalue weighted by Gasteiger charge is -2.36. The minimum atomic E-state index is -0.410. The van der Waals surface area contributed by atoms with Crippen LogP contribution in [-0.4, -0.2) is 69.2 Å². The van der Waals surface area contributed by atoms with Gasteiger partial charge in [-0.1, -0.05) is 12.1 Å². The summed E-state index contributed by atoms with van der Waals surface area (Å²) in [6.45, 7) is 6.63. The van der Waals surface area contributed by atoms with Crippen molar-refractivity contribution in [1.29, 1.82) is 0 Å². The number of amides is 1. The van der Waals surface area contributed by atoms with E-state index in [0.717, 1.165) is 43.2 Å². The van der Waals surface area contributed by atoms with Crippen LogP contribution in [0, 0.1) is 5.82 Å². The number of likely N-dealkylation sites (N-methyl/N-ethyl adjacent to an activating group) is 1. The molecule has 1 amide bonds. The first-order valence-corrected chi connectivity index (χ1v) is 10.3. The third kappa shape index (κ3) is 5.42. The topological polar surface area (TPSA) is 45.2 Å². The van der Waals surface area contributed by atoms with Crippen molar-refractivity contribution in [2.24, 2.45) is 0 Å². The van der Waals surface area contributed by atoms with E-state index in [1.165, 1.54) is 13.2 Å². The molecule has 3 rings (SSSR count). The number of carbonyl (C=O) groups excluding carboxylic acids is 1. The Labute approximate surface area is 177 Å². The molecule has 0 saturated carbocycles. The summed E-state index contributed by atoms with van der Waals surface area (Å²) in [6, 6.07) is 12.9. The molecule has 2 aromatic carbocycles. The Kier molecular flexibility index (Phi) is 7.52. The van der Waals surface area contributed by atoms with Gasteiger partial charge >= 0.3 is 0 Å². The van der Waals surface area contributed by atoms with Gasteiger partial charge in [-0.05, 0) is 36.8 Å². The number of hydrogen-bond donors (Lipinski definition) is 0. The molecular weight excluding hydrogens is 385 g/mol. The van der Waals surface area contributed by atoms with Gasteiger partial charge in [-0.15, -0.1) is 0 Å². The van der Waals surface area contributed by atoms with Crippen LogP contribution in [0.25, 0.3) is 0 Å². The highest BCUT2D eigenvalue weighted by molar-refractivity contribution is 5.78. The molecule has 0 unspecified atom stereocenters. The number of rotatable bonds is 8. The van der Waals surface area contributed by atoms with Gasteiger partial charge in [0, 0.05) is 51.0 Å². The second kappa shape index (κ2) is 10.3. The van der Waals surface area contributed by atoms with Gasteiger partial charge in [0.25, 0.3) is 0 Å². The molecule has 0 spiro atoms. The average Bonchev–Trinajstić information content (AvgIpc) is 2.78. The largest absolute Gasteiger partial charge is 0.497 e. The van der Waals surface area contributed by atoms with E-state index in [4.69, 9.17) is 9.47 Å². The molecule has 6 nitrogen and oxygen atoms in total. The highest BCUT2D eigenvalue weighted by Gasteiger charge is 2.22. The SMILES string of the molecule is CCN(Cc1ccc(OC)c(F)c1)C(=O)CN1CCN(c2cccc(OC)c2)CC1. The monoisotopic (exact) mass is 415 g/mol. The average molecular weight is 416 g/mol. The fourth-order valence-electron chi connectivity index (χ4n) is 3.67. The van der Waals surface area contributed by atoms with Crippen LogP contribution >= 0.6 is 0 Å². The van der Waals surface area contributed by atoms with Gasteiger partial charge in [-0.2, -0.15) is 0 Å². The van der Waals surface area contributed by atoms with Crippen LogP contribution in [0.2, 0.25) is 0 Å². The van der Waals surface area contributed by atoms with E-state index in [9.17, 15) is 9.18 Å². The van der Waals surface area contributed by atoms with Crippen LogP contribution in [0.15, 0.2) is 42.5 Å². The smallest absolute Gasteiger partial charge is 0.237 e. The van der Waals surface area contributed by atoms with Crippen LogP contribution in [0.5, 0.6) is 11.5 Å². The van der Waals surface area contributed by atoms with Gasteiger partial charge in [-0.3, -0.25) is 9.69 Å². The molecule has 0 aromatic heterocycles. The van der Waals surface area contributed by atoms with Gasteiger partial charge in [-0.25, -0.2) is 4.39 Å². The number of methoxy groups -OCH3 is 2. The summed E-state index contributed by atoms with van der Waals surface area (Å²) in [6.07, 6.45) is 0. The quantitative estimate of drug-likeness (QED) is 0.663. The van der Waals surface area contributed by atoms with Crippen LogP contribution in [0.4, 0.5) is 10.1 Å². The Hall–Kier alpha value is -2.80. The van der Waals surface area contributed by atoms with Crippen molar-refractivity contribution in [3.63, 3.8) is 0 Å². The lowest BCUT2D eigenvalue weighted by molar-refractivity contribution is -0.132. The Balaban J connectivity index is 1.53. The molecule has 1 heterocycles. The minimum Gasteiger partial charge on any atom is -0.497 e. The van der Waals surface area contributed by atoms with Gasteiger partial charge in [0.1, 0.15) is 5.75 Å². The third-order valence-corrected chi connectivity index (χ3v) is 5.47. The molecule has 0 radical (unpaired) electrons. The standard InChI is InChI=1S/C23H30FN3O3/c1-4-26(16-18-8-9-22(30-3)21(24)14-18)23(28)17-25-10-12-27(13-11-25)19-6-5-7-20(15-19)29-2/h5-9,14-15H,4,10-13,16-17H2,1-3H3. The third-order valence-electron chi connectivity index (χ3n) is 5.47. The van der Waals surface area contributed by atoms with Crippen LogP contribution in [0.3, 0.4) is 0 Å². The fraction of sp³-hybridized carbons (Fsp3) is 0.435. The first kappa shape index (κ1) is 21.9. The molecule has 0 bridgehead atoms. The van der Waals surface area contributed by atoms with Crippen molar-refractivity contribution in [3.8, 4) is 11.5 Å².